The highest BCUT2D eigenvalue weighted by molar-refractivity contribution is 6.04. The molecule has 3 aromatic rings. The molecule has 0 amide bonds. The molecule has 0 saturated carbocycles. The van der Waals surface area contributed by atoms with Gasteiger partial charge in [0.1, 0.15) is 6.10 Å². The third-order valence-electron chi connectivity index (χ3n) is 3.55. The molecule has 4 nitrogen and oxygen atoms in total. The molecule has 0 bridgehead atoms. The number of hydrogen-bond donors (Lipinski definition) is 1. The summed E-state index contributed by atoms with van der Waals surface area (Å²) in [5.41, 5.74) is 4.19. The Morgan fingerprint density at radius 1 is 0.900 bits per heavy atom. The van der Waals surface area contributed by atoms with Crippen LogP contribution in [-0.2, 0) is 4.79 Å². The first-order valence-corrected chi connectivity index (χ1v) is 6.33. The number of para-hydroxylation sites is 2. The summed E-state index contributed by atoms with van der Waals surface area (Å²) in [6, 6.07) is 11.3. The van der Waals surface area contributed by atoms with Gasteiger partial charge in [0.2, 0.25) is 0 Å². The van der Waals surface area contributed by atoms with Gasteiger partial charge in [-0.1, -0.05) is 24.3 Å². The van der Waals surface area contributed by atoms with Gasteiger partial charge in [-0.3, -0.25) is 4.79 Å². The van der Waals surface area contributed by atoms with E-state index >= 15 is 0 Å². The maximum absolute atomic E-state index is 11.7. The Balaban J connectivity index is 2.15. The van der Waals surface area contributed by atoms with E-state index in [-0.39, 0.29) is 5.78 Å². The number of fused-ring (bicyclic) bond motifs is 4. The molecule has 2 aromatic carbocycles. The number of rotatable bonds is 0. The first-order chi connectivity index (χ1) is 9.74. The Morgan fingerprint density at radius 2 is 1.65 bits per heavy atom. The van der Waals surface area contributed by atoms with Gasteiger partial charge in [0.15, 0.2) is 5.78 Å². The van der Waals surface area contributed by atoms with Gasteiger partial charge in [0.05, 0.1) is 22.1 Å². The lowest BCUT2D eigenvalue weighted by Crippen LogP contribution is -2.15. The summed E-state index contributed by atoms with van der Waals surface area (Å²) in [6.07, 6.45) is 1.95. The van der Waals surface area contributed by atoms with Crippen LogP contribution in [0.25, 0.3) is 28.1 Å². The summed E-state index contributed by atoms with van der Waals surface area (Å²) in [5.74, 6) is -0.319. The van der Waals surface area contributed by atoms with Crippen molar-refractivity contribution in [3.05, 3.63) is 53.6 Å². The fourth-order valence-electron chi connectivity index (χ4n) is 2.56. The van der Waals surface area contributed by atoms with E-state index in [0.29, 0.717) is 16.6 Å². The average molecular weight is 262 g/mol. The average Bonchev–Trinajstić information content (AvgIpc) is 2.48. The zero-order valence-electron chi connectivity index (χ0n) is 10.4. The first-order valence-electron chi connectivity index (χ1n) is 6.33. The van der Waals surface area contributed by atoms with Crippen LogP contribution < -0.4 is 0 Å². The van der Waals surface area contributed by atoms with Crippen LogP contribution in [0.3, 0.4) is 0 Å². The fraction of sp³-hybridized carbons (Fsp3) is 0.0625. The molecule has 96 valence electrons. The fourth-order valence-corrected chi connectivity index (χ4v) is 2.56. The van der Waals surface area contributed by atoms with Gasteiger partial charge in [0.25, 0.3) is 0 Å². The predicted molar refractivity (Wildman–Crippen MR) is 76.0 cm³/mol. The topological polar surface area (TPSA) is 63.1 Å². The Labute approximate surface area is 114 Å². The van der Waals surface area contributed by atoms with E-state index in [1.54, 1.807) is 6.08 Å². The molecule has 1 N–H and O–H groups in total. The van der Waals surface area contributed by atoms with Crippen molar-refractivity contribution in [2.24, 2.45) is 0 Å². The van der Waals surface area contributed by atoms with Crippen molar-refractivity contribution >= 4 is 33.9 Å². The molecule has 0 spiro atoms. The minimum Gasteiger partial charge on any atom is -0.380 e. The summed E-state index contributed by atoms with van der Waals surface area (Å²) in [5, 5.41) is 10.1. The van der Waals surface area contributed by atoms with E-state index in [0.717, 1.165) is 16.6 Å². The number of ketones is 1. The molecule has 4 rings (SSSR count). The number of aliphatic hydroxyl groups is 1. The van der Waals surface area contributed by atoms with Crippen molar-refractivity contribution in [2.45, 2.75) is 6.10 Å². The van der Waals surface area contributed by atoms with Gasteiger partial charge in [0, 0.05) is 5.56 Å². The number of hydrogen-bond acceptors (Lipinski definition) is 4. The van der Waals surface area contributed by atoms with Gasteiger partial charge < -0.3 is 5.11 Å². The minimum absolute atomic E-state index is 0.319. The van der Waals surface area contributed by atoms with Crippen LogP contribution in [0.2, 0.25) is 0 Å². The summed E-state index contributed by atoms with van der Waals surface area (Å²) in [4.78, 5) is 20.8. The van der Waals surface area contributed by atoms with Crippen molar-refractivity contribution in [2.75, 3.05) is 0 Å². The van der Waals surface area contributed by atoms with Crippen LogP contribution in [0.1, 0.15) is 17.2 Å². The number of aliphatic hydroxyl groups excluding tert-OH is 1. The molecular formula is C16H10N2O2. The van der Waals surface area contributed by atoms with Crippen molar-refractivity contribution in [3.8, 4) is 0 Å². The van der Waals surface area contributed by atoms with Crippen molar-refractivity contribution in [1.29, 1.82) is 0 Å². The lowest BCUT2D eigenvalue weighted by atomic mass is 9.92. The highest BCUT2D eigenvalue weighted by Crippen LogP contribution is 2.31. The van der Waals surface area contributed by atoms with Crippen LogP contribution in [0.4, 0.5) is 0 Å². The molecule has 1 unspecified atom stereocenters. The Hall–Kier alpha value is -2.59. The monoisotopic (exact) mass is 262 g/mol. The number of carbonyl (C=O) groups is 1. The van der Waals surface area contributed by atoms with Crippen LogP contribution in [-0.4, -0.2) is 20.9 Å². The molecule has 1 aromatic heterocycles. The molecule has 0 saturated heterocycles. The van der Waals surface area contributed by atoms with Crippen molar-refractivity contribution < 1.29 is 9.90 Å². The minimum atomic E-state index is -1.16. The van der Waals surface area contributed by atoms with Crippen LogP contribution in [0.15, 0.2) is 42.5 Å². The smallest absolute Gasteiger partial charge is 0.188 e. The second-order valence-corrected chi connectivity index (χ2v) is 4.79. The molecule has 1 heterocycles. The number of nitrogens with zero attached hydrogens (tertiary/aromatic N) is 2. The van der Waals surface area contributed by atoms with Gasteiger partial charge in [-0.05, 0) is 29.8 Å². The summed E-state index contributed by atoms with van der Waals surface area (Å²) >= 11 is 0. The number of aromatic nitrogens is 2. The Bertz CT molecular complexity index is 900. The van der Waals surface area contributed by atoms with Gasteiger partial charge in [-0.25, -0.2) is 9.97 Å². The van der Waals surface area contributed by atoms with E-state index < -0.39 is 6.10 Å². The maximum Gasteiger partial charge on any atom is 0.188 e. The molecule has 20 heavy (non-hydrogen) atoms. The third-order valence-corrected chi connectivity index (χ3v) is 3.55. The van der Waals surface area contributed by atoms with E-state index in [1.807, 2.05) is 36.4 Å². The largest absolute Gasteiger partial charge is 0.380 e. The summed E-state index contributed by atoms with van der Waals surface area (Å²) < 4.78 is 0. The molecule has 0 aliphatic heterocycles. The number of benzene rings is 2. The predicted octanol–water partition coefficient (Wildman–Crippen LogP) is 2.41. The maximum atomic E-state index is 11.7. The molecule has 0 radical (unpaired) electrons. The van der Waals surface area contributed by atoms with Crippen LogP contribution >= 0.6 is 0 Å². The second kappa shape index (κ2) is 3.95. The molecule has 1 aliphatic carbocycles. The molecular weight excluding hydrogens is 252 g/mol. The SMILES string of the molecule is O=C1C=Cc2ccc3nc4ccccc4nc3c2C1O. The molecule has 4 heteroatoms. The van der Waals surface area contributed by atoms with Gasteiger partial charge in [-0.2, -0.15) is 0 Å². The highest BCUT2D eigenvalue weighted by atomic mass is 16.3. The summed E-state index contributed by atoms with van der Waals surface area (Å²) in [6.45, 7) is 0. The third kappa shape index (κ3) is 1.49. The highest BCUT2D eigenvalue weighted by Gasteiger charge is 2.25. The Kier molecular flexibility index (Phi) is 2.22. The van der Waals surface area contributed by atoms with E-state index in [9.17, 15) is 9.90 Å². The lowest BCUT2D eigenvalue weighted by molar-refractivity contribution is -0.122. The van der Waals surface area contributed by atoms with Crippen molar-refractivity contribution in [1.82, 2.24) is 9.97 Å². The van der Waals surface area contributed by atoms with Crippen LogP contribution in [0.5, 0.6) is 0 Å². The van der Waals surface area contributed by atoms with E-state index in [1.165, 1.54) is 6.08 Å². The zero-order chi connectivity index (χ0) is 13.7. The molecule has 1 atom stereocenters. The Morgan fingerprint density at radius 3 is 2.45 bits per heavy atom. The quantitative estimate of drug-likeness (QED) is 0.632. The summed E-state index contributed by atoms with van der Waals surface area (Å²) in [7, 11) is 0. The number of carbonyl (C=O) groups excluding carboxylic acids is 1. The zero-order valence-corrected chi connectivity index (χ0v) is 10.4. The van der Waals surface area contributed by atoms with Crippen LogP contribution in [0, 0.1) is 0 Å². The van der Waals surface area contributed by atoms with Crippen molar-refractivity contribution in [3.63, 3.8) is 0 Å². The first kappa shape index (κ1) is 11.3. The van der Waals surface area contributed by atoms with Gasteiger partial charge >= 0.3 is 0 Å². The van der Waals surface area contributed by atoms with E-state index in [2.05, 4.69) is 9.97 Å². The second-order valence-electron chi connectivity index (χ2n) is 4.79. The van der Waals surface area contributed by atoms with E-state index in [4.69, 9.17) is 0 Å². The standard InChI is InChI=1S/C16H10N2O2/c19-13-8-6-9-5-7-12-15(14(9)16(13)20)18-11-4-2-1-3-10(11)17-12/h1-8,16,20H. The molecule has 0 fully saturated rings. The molecule has 1 aliphatic rings. The lowest BCUT2D eigenvalue weighted by Gasteiger charge is -2.17. The van der Waals surface area contributed by atoms with Gasteiger partial charge in [-0.15, -0.1) is 0 Å². The normalized spacial score (nSPS) is 17.6.